The van der Waals surface area contributed by atoms with Crippen LogP contribution in [0.25, 0.3) is 0 Å². The van der Waals surface area contributed by atoms with Gasteiger partial charge in [0.1, 0.15) is 0 Å². The van der Waals surface area contributed by atoms with Gasteiger partial charge in [-0.2, -0.15) is 0 Å². The molecule has 0 N–H and O–H groups in total. The zero-order valence-electron chi connectivity index (χ0n) is 10.4. The van der Waals surface area contributed by atoms with Gasteiger partial charge in [0.15, 0.2) is 0 Å². The van der Waals surface area contributed by atoms with E-state index in [0.29, 0.717) is 16.9 Å². The van der Waals surface area contributed by atoms with E-state index in [9.17, 15) is 0 Å². The summed E-state index contributed by atoms with van der Waals surface area (Å²) < 4.78 is 0. The second-order valence-electron chi connectivity index (χ2n) is 6.42. The molecule has 1 nitrogen and oxygen atoms in total. The summed E-state index contributed by atoms with van der Waals surface area (Å²) in [7, 11) is 2.15. The molecular formula is C13H25N. The summed E-state index contributed by atoms with van der Waals surface area (Å²) >= 11 is 0. The number of nitrogens with zero attached hydrogens (tertiary/aromatic N) is 1. The van der Waals surface area contributed by atoms with Crippen molar-refractivity contribution in [3.8, 4) is 0 Å². The zero-order valence-corrected chi connectivity index (χ0v) is 10.4. The van der Waals surface area contributed by atoms with Crippen molar-refractivity contribution in [1.29, 1.82) is 0 Å². The van der Waals surface area contributed by atoms with E-state index >= 15 is 0 Å². The zero-order chi connectivity index (χ0) is 11.0. The van der Waals surface area contributed by atoms with Crippen molar-refractivity contribution in [2.75, 3.05) is 7.05 Å². The Labute approximate surface area is 89.2 Å². The molecule has 0 radical (unpaired) electrons. The van der Waals surface area contributed by atoms with Crippen LogP contribution in [0.4, 0.5) is 0 Å². The van der Waals surface area contributed by atoms with Gasteiger partial charge in [-0.15, -0.1) is 0 Å². The Morgan fingerprint density at radius 2 is 1.57 bits per heavy atom. The second kappa shape index (κ2) is 3.60. The first-order chi connectivity index (χ1) is 6.26. The number of rotatable bonds is 2. The topological polar surface area (TPSA) is 3.24 Å². The van der Waals surface area contributed by atoms with Gasteiger partial charge < -0.3 is 4.90 Å². The largest absolute Gasteiger partial charge is 0.378 e. The Morgan fingerprint density at radius 3 is 1.93 bits per heavy atom. The van der Waals surface area contributed by atoms with Crippen molar-refractivity contribution in [1.82, 2.24) is 4.90 Å². The van der Waals surface area contributed by atoms with E-state index in [-0.39, 0.29) is 0 Å². The van der Waals surface area contributed by atoms with Crippen molar-refractivity contribution in [2.45, 2.75) is 53.0 Å². The lowest BCUT2D eigenvalue weighted by atomic mass is 9.63. The predicted molar refractivity (Wildman–Crippen MR) is 63.2 cm³/mol. The molecule has 0 spiro atoms. The quantitative estimate of drug-likeness (QED) is 0.650. The first-order valence-electron chi connectivity index (χ1n) is 5.60. The van der Waals surface area contributed by atoms with Crippen LogP contribution in [0.1, 0.15) is 47.0 Å². The maximum atomic E-state index is 3.86. The minimum Gasteiger partial charge on any atom is -0.378 e. The molecule has 0 amide bonds. The summed E-state index contributed by atoms with van der Waals surface area (Å²) in [6, 6.07) is 0.672. The highest BCUT2D eigenvalue weighted by Gasteiger charge is 2.39. The van der Waals surface area contributed by atoms with E-state index < -0.39 is 0 Å². The van der Waals surface area contributed by atoms with Gasteiger partial charge in [0.25, 0.3) is 0 Å². The first kappa shape index (κ1) is 11.6. The molecule has 0 bridgehead atoms. The van der Waals surface area contributed by atoms with Crippen LogP contribution in [0.5, 0.6) is 0 Å². The summed E-state index contributed by atoms with van der Waals surface area (Å²) in [4.78, 5) is 2.28. The Balaban J connectivity index is 2.76. The molecule has 1 fully saturated rings. The highest BCUT2D eigenvalue weighted by molar-refractivity contribution is 4.94. The van der Waals surface area contributed by atoms with Gasteiger partial charge in [-0.05, 0) is 36.3 Å². The fourth-order valence-electron chi connectivity index (χ4n) is 3.22. The normalized spacial score (nSPS) is 25.8. The highest BCUT2D eigenvalue weighted by atomic mass is 15.1. The van der Waals surface area contributed by atoms with Crippen LogP contribution < -0.4 is 0 Å². The molecule has 1 rings (SSSR count). The first-order valence-corrected chi connectivity index (χ1v) is 5.60. The third-order valence-electron chi connectivity index (χ3n) is 3.40. The molecule has 1 aliphatic rings. The van der Waals surface area contributed by atoms with Gasteiger partial charge in [0, 0.05) is 13.1 Å². The van der Waals surface area contributed by atoms with Gasteiger partial charge in [0.2, 0.25) is 0 Å². The Kier molecular flexibility index (Phi) is 2.99. The molecule has 0 saturated heterocycles. The second-order valence-corrected chi connectivity index (χ2v) is 6.42. The van der Waals surface area contributed by atoms with Crippen molar-refractivity contribution in [3.63, 3.8) is 0 Å². The fraction of sp³-hybridized carbons (Fsp3) is 0.846. The van der Waals surface area contributed by atoms with E-state index in [1.165, 1.54) is 19.3 Å². The molecule has 0 aromatic heterocycles. The standard InChI is InChI=1S/C13H25N/c1-7-14(6)11-8-12(2,3)10-13(4,5)9-11/h7,11H,1,8-10H2,2-6H3. The SMILES string of the molecule is C=CN(C)C1CC(C)(C)CC(C)(C)C1. The van der Waals surface area contributed by atoms with Crippen LogP contribution in [0.15, 0.2) is 12.8 Å². The van der Waals surface area contributed by atoms with Crippen LogP contribution in [0, 0.1) is 10.8 Å². The third-order valence-corrected chi connectivity index (χ3v) is 3.40. The minimum absolute atomic E-state index is 0.476. The van der Waals surface area contributed by atoms with Gasteiger partial charge in [-0.3, -0.25) is 0 Å². The lowest BCUT2D eigenvalue weighted by molar-refractivity contribution is 0.0525. The average Bonchev–Trinajstić information content (AvgIpc) is 1.97. The predicted octanol–water partition coefficient (Wildman–Crippen LogP) is 3.67. The molecule has 1 aliphatic carbocycles. The van der Waals surface area contributed by atoms with E-state index in [2.05, 4.69) is 46.2 Å². The molecule has 1 saturated carbocycles. The third kappa shape index (κ3) is 2.76. The van der Waals surface area contributed by atoms with Crippen LogP contribution in [0.2, 0.25) is 0 Å². The molecular weight excluding hydrogens is 170 g/mol. The van der Waals surface area contributed by atoms with Crippen LogP contribution in [-0.4, -0.2) is 18.0 Å². The Hall–Kier alpha value is -0.460. The Bertz CT molecular complexity index is 199. The van der Waals surface area contributed by atoms with Crippen LogP contribution >= 0.6 is 0 Å². The smallest absolute Gasteiger partial charge is 0.0291 e. The van der Waals surface area contributed by atoms with E-state index in [1.807, 2.05) is 6.20 Å². The van der Waals surface area contributed by atoms with Gasteiger partial charge in [-0.25, -0.2) is 0 Å². The van der Waals surface area contributed by atoms with Crippen molar-refractivity contribution in [3.05, 3.63) is 12.8 Å². The number of hydrogen-bond donors (Lipinski definition) is 0. The van der Waals surface area contributed by atoms with E-state index in [0.717, 1.165) is 0 Å². The summed E-state index contributed by atoms with van der Waals surface area (Å²) in [5.41, 5.74) is 0.952. The molecule has 0 aromatic carbocycles. The Morgan fingerprint density at radius 1 is 1.14 bits per heavy atom. The van der Waals surface area contributed by atoms with Crippen LogP contribution in [-0.2, 0) is 0 Å². The molecule has 14 heavy (non-hydrogen) atoms. The van der Waals surface area contributed by atoms with Crippen molar-refractivity contribution >= 4 is 0 Å². The van der Waals surface area contributed by atoms with Gasteiger partial charge in [-0.1, -0.05) is 34.3 Å². The van der Waals surface area contributed by atoms with E-state index in [4.69, 9.17) is 0 Å². The molecule has 0 unspecified atom stereocenters. The molecule has 82 valence electrons. The lowest BCUT2D eigenvalue weighted by Gasteiger charge is -2.47. The lowest BCUT2D eigenvalue weighted by Crippen LogP contribution is -2.42. The van der Waals surface area contributed by atoms with Crippen molar-refractivity contribution < 1.29 is 0 Å². The maximum absolute atomic E-state index is 3.86. The minimum atomic E-state index is 0.476. The van der Waals surface area contributed by atoms with Crippen molar-refractivity contribution in [2.24, 2.45) is 10.8 Å². The summed E-state index contributed by atoms with van der Waals surface area (Å²) in [6.07, 6.45) is 5.88. The van der Waals surface area contributed by atoms with Gasteiger partial charge in [0.05, 0.1) is 0 Å². The summed E-state index contributed by atoms with van der Waals surface area (Å²) in [5.74, 6) is 0. The monoisotopic (exact) mass is 195 g/mol. The highest BCUT2D eigenvalue weighted by Crippen LogP contribution is 2.46. The fourth-order valence-corrected chi connectivity index (χ4v) is 3.22. The summed E-state index contributed by atoms with van der Waals surface area (Å²) in [6.45, 7) is 13.4. The molecule has 1 heteroatoms. The molecule has 0 aromatic rings. The van der Waals surface area contributed by atoms with E-state index in [1.54, 1.807) is 0 Å². The molecule has 0 heterocycles. The van der Waals surface area contributed by atoms with Gasteiger partial charge >= 0.3 is 0 Å². The molecule has 0 aliphatic heterocycles. The number of hydrogen-bond acceptors (Lipinski definition) is 1. The maximum Gasteiger partial charge on any atom is 0.0291 e. The summed E-state index contributed by atoms with van der Waals surface area (Å²) in [5, 5.41) is 0. The van der Waals surface area contributed by atoms with Crippen LogP contribution in [0.3, 0.4) is 0 Å². The average molecular weight is 195 g/mol. The molecule has 0 atom stereocenters.